The van der Waals surface area contributed by atoms with Crippen LogP contribution in [0.5, 0.6) is 0 Å². The molecule has 2 unspecified atom stereocenters. The Balaban J connectivity index is 2.31. The van der Waals surface area contributed by atoms with Crippen LogP contribution < -0.4 is 0 Å². The number of benzene rings is 1. The fourth-order valence-electron chi connectivity index (χ4n) is 3.04. The molecule has 1 aliphatic rings. The standard InChI is InChI=1S/C17H23NO4/c1-3-22-17(20)18-12-8-7-11-14(18)15(16(19)21-2)13-9-5-4-6-10-13/h4-6,9-10,14-15H,3,7-8,11-12H2,1-2H3. The summed E-state index contributed by atoms with van der Waals surface area (Å²) in [7, 11) is 1.38. The van der Waals surface area contributed by atoms with Crippen LogP contribution in [-0.4, -0.2) is 43.3 Å². The molecule has 1 saturated heterocycles. The summed E-state index contributed by atoms with van der Waals surface area (Å²) in [4.78, 5) is 26.2. The average Bonchev–Trinajstić information content (AvgIpc) is 2.56. The Bertz CT molecular complexity index is 503. The zero-order chi connectivity index (χ0) is 15.9. The number of methoxy groups -OCH3 is 1. The van der Waals surface area contributed by atoms with E-state index in [0.717, 1.165) is 24.8 Å². The average molecular weight is 305 g/mol. The first-order chi connectivity index (χ1) is 10.7. The summed E-state index contributed by atoms with van der Waals surface area (Å²) in [6, 6.07) is 9.27. The Morgan fingerprint density at radius 3 is 2.64 bits per heavy atom. The number of nitrogens with zero attached hydrogens (tertiary/aromatic N) is 1. The van der Waals surface area contributed by atoms with Crippen LogP contribution in [0.3, 0.4) is 0 Å². The molecular formula is C17H23NO4. The monoisotopic (exact) mass is 305 g/mol. The Kier molecular flexibility index (Phi) is 5.81. The van der Waals surface area contributed by atoms with Crippen molar-refractivity contribution in [2.45, 2.75) is 38.1 Å². The van der Waals surface area contributed by atoms with Gasteiger partial charge in [-0.25, -0.2) is 4.79 Å². The van der Waals surface area contributed by atoms with E-state index in [0.29, 0.717) is 13.2 Å². The van der Waals surface area contributed by atoms with Gasteiger partial charge in [0.15, 0.2) is 0 Å². The SMILES string of the molecule is CCOC(=O)N1CCCCC1C(C(=O)OC)c1ccccc1. The van der Waals surface area contributed by atoms with E-state index in [9.17, 15) is 9.59 Å². The van der Waals surface area contributed by atoms with E-state index in [4.69, 9.17) is 9.47 Å². The van der Waals surface area contributed by atoms with Crippen molar-refractivity contribution in [1.29, 1.82) is 0 Å². The van der Waals surface area contributed by atoms with Crippen molar-refractivity contribution in [3.63, 3.8) is 0 Å². The van der Waals surface area contributed by atoms with Crippen LogP contribution in [0.15, 0.2) is 30.3 Å². The maximum Gasteiger partial charge on any atom is 0.410 e. The molecule has 0 saturated carbocycles. The highest BCUT2D eigenvalue weighted by Gasteiger charge is 2.39. The van der Waals surface area contributed by atoms with Crippen LogP contribution in [0.1, 0.15) is 37.7 Å². The Hall–Kier alpha value is -2.04. The number of ether oxygens (including phenoxy) is 2. The van der Waals surface area contributed by atoms with E-state index in [1.165, 1.54) is 7.11 Å². The zero-order valence-corrected chi connectivity index (χ0v) is 13.2. The van der Waals surface area contributed by atoms with Gasteiger partial charge in [-0.2, -0.15) is 0 Å². The van der Waals surface area contributed by atoms with Gasteiger partial charge in [-0.3, -0.25) is 4.79 Å². The molecular weight excluding hydrogens is 282 g/mol. The maximum atomic E-state index is 12.3. The highest BCUT2D eigenvalue weighted by molar-refractivity contribution is 5.80. The summed E-state index contributed by atoms with van der Waals surface area (Å²) < 4.78 is 10.1. The molecule has 0 aliphatic carbocycles. The van der Waals surface area contributed by atoms with Crippen molar-refractivity contribution < 1.29 is 19.1 Å². The molecule has 2 atom stereocenters. The number of amides is 1. The fourth-order valence-corrected chi connectivity index (χ4v) is 3.04. The predicted octanol–water partition coefficient (Wildman–Crippen LogP) is 2.95. The van der Waals surface area contributed by atoms with E-state index in [1.54, 1.807) is 11.8 Å². The smallest absolute Gasteiger partial charge is 0.410 e. The van der Waals surface area contributed by atoms with Crippen LogP contribution in [-0.2, 0) is 14.3 Å². The lowest BCUT2D eigenvalue weighted by Gasteiger charge is -2.38. The largest absolute Gasteiger partial charge is 0.468 e. The van der Waals surface area contributed by atoms with Crippen LogP contribution in [0.4, 0.5) is 4.79 Å². The van der Waals surface area contributed by atoms with Gasteiger partial charge in [-0.1, -0.05) is 30.3 Å². The van der Waals surface area contributed by atoms with Crippen LogP contribution in [0.2, 0.25) is 0 Å². The van der Waals surface area contributed by atoms with Gasteiger partial charge in [0.25, 0.3) is 0 Å². The fraction of sp³-hybridized carbons (Fsp3) is 0.529. The summed E-state index contributed by atoms with van der Waals surface area (Å²) >= 11 is 0. The van der Waals surface area contributed by atoms with Gasteiger partial charge in [0, 0.05) is 6.54 Å². The highest BCUT2D eigenvalue weighted by atomic mass is 16.6. The second-order valence-electron chi connectivity index (χ2n) is 5.37. The molecule has 1 aliphatic heterocycles. The van der Waals surface area contributed by atoms with Crippen molar-refractivity contribution in [1.82, 2.24) is 4.90 Å². The molecule has 2 rings (SSSR count). The molecule has 1 aromatic carbocycles. The van der Waals surface area contributed by atoms with E-state index < -0.39 is 5.92 Å². The van der Waals surface area contributed by atoms with Gasteiger partial charge < -0.3 is 14.4 Å². The number of carbonyl (C=O) groups excluding carboxylic acids is 2. The number of hydrogen-bond donors (Lipinski definition) is 0. The molecule has 0 spiro atoms. The third kappa shape index (κ3) is 3.59. The molecule has 22 heavy (non-hydrogen) atoms. The Morgan fingerprint density at radius 1 is 1.27 bits per heavy atom. The summed E-state index contributed by atoms with van der Waals surface area (Å²) in [6.45, 7) is 2.73. The zero-order valence-electron chi connectivity index (χ0n) is 13.2. The van der Waals surface area contributed by atoms with Gasteiger partial charge in [-0.15, -0.1) is 0 Å². The van der Waals surface area contributed by atoms with Crippen molar-refractivity contribution in [2.75, 3.05) is 20.3 Å². The molecule has 0 N–H and O–H groups in total. The lowest BCUT2D eigenvalue weighted by Crippen LogP contribution is -2.49. The minimum absolute atomic E-state index is 0.220. The molecule has 5 nitrogen and oxygen atoms in total. The minimum Gasteiger partial charge on any atom is -0.468 e. The first-order valence-electron chi connectivity index (χ1n) is 7.75. The van der Waals surface area contributed by atoms with Gasteiger partial charge in [-0.05, 0) is 31.7 Å². The normalized spacial score (nSPS) is 19.4. The maximum absolute atomic E-state index is 12.3. The summed E-state index contributed by atoms with van der Waals surface area (Å²) in [5, 5.41) is 0. The van der Waals surface area contributed by atoms with Gasteiger partial charge in [0.05, 0.1) is 19.8 Å². The number of rotatable bonds is 4. The summed E-state index contributed by atoms with van der Waals surface area (Å²) in [5.41, 5.74) is 0.871. The molecule has 120 valence electrons. The minimum atomic E-state index is -0.476. The quantitative estimate of drug-likeness (QED) is 0.803. The van der Waals surface area contributed by atoms with Crippen LogP contribution >= 0.6 is 0 Å². The third-order valence-corrected chi connectivity index (χ3v) is 4.05. The summed E-state index contributed by atoms with van der Waals surface area (Å²) in [6.07, 6.45) is 2.34. The van der Waals surface area contributed by atoms with E-state index in [2.05, 4.69) is 0 Å². The molecule has 0 aromatic heterocycles. The second-order valence-corrected chi connectivity index (χ2v) is 5.37. The molecule has 5 heteroatoms. The molecule has 1 fully saturated rings. The second kappa shape index (κ2) is 7.82. The van der Waals surface area contributed by atoms with Crippen LogP contribution in [0, 0.1) is 0 Å². The number of hydrogen-bond acceptors (Lipinski definition) is 4. The molecule has 0 bridgehead atoms. The number of esters is 1. The van der Waals surface area contributed by atoms with Crippen molar-refractivity contribution >= 4 is 12.1 Å². The van der Waals surface area contributed by atoms with Crippen molar-refractivity contribution in [3.05, 3.63) is 35.9 Å². The molecule has 1 aromatic rings. The molecule has 1 heterocycles. The number of carbonyl (C=O) groups is 2. The van der Waals surface area contributed by atoms with Crippen LogP contribution in [0.25, 0.3) is 0 Å². The predicted molar refractivity (Wildman–Crippen MR) is 82.6 cm³/mol. The van der Waals surface area contributed by atoms with Gasteiger partial charge in [0.2, 0.25) is 0 Å². The van der Waals surface area contributed by atoms with Crippen molar-refractivity contribution in [3.8, 4) is 0 Å². The lowest BCUT2D eigenvalue weighted by atomic mass is 9.85. The first kappa shape index (κ1) is 16.3. The van der Waals surface area contributed by atoms with E-state index in [-0.39, 0.29) is 18.1 Å². The van der Waals surface area contributed by atoms with E-state index >= 15 is 0 Å². The number of likely N-dealkylation sites (tertiary alicyclic amines) is 1. The van der Waals surface area contributed by atoms with Crippen molar-refractivity contribution in [2.24, 2.45) is 0 Å². The highest BCUT2D eigenvalue weighted by Crippen LogP contribution is 2.32. The first-order valence-corrected chi connectivity index (χ1v) is 7.75. The van der Waals surface area contributed by atoms with E-state index in [1.807, 2.05) is 30.3 Å². The summed E-state index contributed by atoms with van der Waals surface area (Å²) in [5.74, 6) is -0.789. The lowest BCUT2D eigenvalue weighted by molar-refractivity contribution is -0.144. The Labute approximate surface area is 131 Å². The number of piperidine rings is 1. The third-order valence-electron chi connectivity index (χ3n) is 4.05. The topological polar surface area (TPSA) is 55.8 Å². The molecule has 0 radical (unpaired) electrons. The van der Waals surface area contributed by atoms with Gasteiger partial charge >= 0.3 is 12.1 Å². The molecule has 1 amide bonds. The van der Waals surface area contributed by atoms with Gasteiger partial charge in [0.1, 0.15) is 5.92 Å². The Morgan fingerprint density at radius 2 is 2.00 bits per heavy atom.